The number of benzene rings is 1. The van der Waals surface area contributed by atoms with Gasteiger partial charge in [-0.2, -0.15) is 4.91 Å². The molecule has 2 rings (SSSR count). The number of Topliss-reactive ketones (excluding diaryl/α,β-unsaturated/α-hetero) is 1. The average Bonchev–Trinajstić information content (AvgIpc) is 2.64. The number of primary amides is 1. The highest BCUT2D eigenvalue weighted by Gasteiger charge is 2.33. The fourth-order valence-corrected chi connectivity index (χ4v) is 1.95. The molecule has 0 fully saturated rings. The summed E-state index contributed by atoms with van der Waals surface area (Å²) in [4.78, 5) is 33.4. The second-order valence-corrected chi connectivity index (χ2v) is 3.76. The molecule has 0 heterocycles. The number of nitrogens with zero attached hydrogens (tertiary/aromatic N) is 1. The summed E-state index contributed by atoms with van der Waals surface area (Å²) in [5, 5.41) is 2.76. The van der Waals surface area contributed by atoms with E-state index in [-0.39, 0.29) is 17.8 Å². The second-order valence-electron chi connectivity index (χ2n) is 3.76. The van der Waals surface area contributed by atoms with E-state index in [1.165, 1.54) is 13.2 Å². The van der Waals surface area contributed by atoms with Crippen LogP contribution in [0.3, 0.4) is 0 Å². The maximum atomic E-state index is 11.7. The highest BCUT2D eigenvalue weighted by atomic mass is 16.5. The Kier molecular flexibility index (Phi) is 2.63. The van der Waals surface area contributed by atoms with Crippen LogP contribution in [0.15, 0.2) is 17.3 Å². The summed E-state index contributed by atoms with van der Waals surface area (Å²) in [6, 6.07) is 2.01. The lowest BCUT2D eigenvalue weighted by Crippen LogP contribution is -2.14. The van der Waals surface area contributed by atoms with Crippen molar-refractivity contribution in [1.29, 1.82) is 0 Å². The van der Waals surface area contributed by atoms with Gasteiger partial charge in [0.25, 0.3) is 5.91 Å². The molecule has 6 nitrogen and oxygen atoms in total. The molecule has 0 saturated heterocycles. The average molecular weight is 234 g/mol. The first-order valence-electron chi connectivity index (χ1n) is 4.96. The predicted octanol–water partition coefficient (Wildman–Crippen LogP) is 0.668. The number of ether oxygens (including phenoxy) is 1. The number of methoxy groups -OCH3 is 1. The number of hydrogen-bond donors (Lipinski definition) is 1. The number of carbonyl (C=O) groups excluding carboxylic acids is 2. The van der Waals surface area contributed by atoms with Gasteiger partial charge < -0.3 is 10.5 Å². The van der Waals surface area contributed by atoms with Gasteiger partial charge in [0.1, 0.15) is 5.75 Å². The predicted molar refractivity (Wildman–Crippen MR) is 59.1 cm³/mol. The molecule has 1 aromatic carbocycles. The zero-order valence-corrected chi connectivity index (χ0v) is 9.10. The van der Waals surface area contributed by atoms with Crippen molar-refractivity contribution >= 4 is 11.7 Å². The lowest BCUT2D eigenvalue weighted by atomic mass is 10.0. The van der Waals surface area contributed by atoms with Crippen molar-refractivity contribution in [3.05, 3.63) is 33.7 Å². The van der Waals surface area contributed by atoms with Crippen molar-refractivity contribution in [1.82, 2.24) is 0 Å². The molecule has 0 saturated carbocycles. The first kappa shape index (κ1) is 11.3. The molecule has 2 N–H and O–H groups in total. The molecule has 0 bridgehead atoms. The van der Waals surface area contributed by atoms with Crippen molar-refractivity contribution in [2.45, 2.75) is 12.5 Å². The minimum Gasteiger partial charge on any atom is -0.496 e. The maximum absolute atomic E-state index is 11.7. The van der Waals surface area contributed by atoms with E-state index in [1.807, 2.05) is 0 Å². The van der Waals surface area contributed by atoms with Gasteiger partial charge in [-0.3, -0.25) is 9.59 Å². The molecular formula is C11H10N2O4. The zero-order chi connectivity index (χ0) is 12.6. The van der Waals surface area contributed by atoms with Gasteiger partial charge in [-0.05, 0) is 17.7 Å². The lowest BCUT2D eigenvalue weighted by Gasteiger charge is -2.07. The third-order valence-corrected chi connectivity index (χ3v) is 2.80. The Morgan fingerprint density at radius 2 is 2.24 bits per heavy atom. The van der Waals surface area contributed by atoms with Crippen LogP contribution in [-0.4, -0.2) is 24.8 Å². The van der Waals surface area contributed by atoms with E-state index in [1.54, 1.807) is 6.07 Å². The van der Waals surface area contributed by atoms with Gasteiger partial charge in [0.15, 0.2) is 11.8 Å². The summed E-state index contributed by atoms with van der Waals surface area (Å²) in [5.74, 6) is -0.754. The van der Waals surface area contributed by atoms with E-state index in [0.717, 1.165) is 0 Å². The smallest absolute Gasteiger partial charge is 0.252 e. The number of hydrogen-bond acceptors (Lipinski definition) is 5. The first-order valence-corrected chi connectivity index (χ1v) is 4.96. The molecule has 1 unspecified atom stereocenters. The minimum atomic E-state index is -0.905. The number of nitroso groups, excluding NO2 is 1. The van der Waals surface area contributed by atoms with Gasteiger partial charge in [-0.1, -0.05) is 5.18 Å². The summed E-state index contributed by atoms with van der Waals surface area (Å²) in [6.45, 7) is 0. The molecule has 1 atom stereocenters. The SMILES string of the molecule is COc1cc2c(cc1C(N)=O)C(=O)C(N=O)C2. The monoisotopic (exact) mass is 234 g/mol. The summed E-state index contributed by atoms with van der Waals surface area (Å²) in [6.07, 6.45) is 0.243. The van der Waals surface area contributed by atoms with Crippen molar-refractivity contribution in [3.63, 3.8) is 0 Å². The fraction of sp³-hybridized carbons (Fsp3) is 0.273. The Labute approximate surface area is 96.7 Å². The van der Waals surface area contributed by atoms with Gasteiger partial charge in [-0.25, -0.2) is 0 Å². The Morgan fingerprint density at radius 1 is 1.53 bits per heavy atom. The number of fused-ring (bicyclic) bond motifs is 1. The quantitative estimate of drug-likeness (QED) is 0.777. The van der Waals surface area contributed by atoms with E-state index in [4.69, 9.17) is 10.5 Å². The standard InChI is InChI=1S/C11H10N2O4/c1-17-9-3-5-2-8(13-16)10(14)6(5)4-7(9)11(12)15/h3-4,8H,2H2,1H3,(H2,12,15). The number of ketones is 1. The normalized spacial score (nSPS) is 17.7. The largest absolute Gasteiger partial charge is 0.496 e. The molecule has 0 aromatic heterocycles. The van der Waals surface area contributed by atoms with Crippen molar-refractivity contribution in [2.24, 2.45) is 10.9 Å². The second kappa shape index (κ2) is 3.97. The molecule has 1 aliphatic rings. The van der Waals surface area contributed by atoms with Crippen LogP contribution in [0.25, 0.3) is 0 Å². The van der Waals surface area contributed by atoms with E-state index >= 15 is 0 Å². The van der Waals surface area contributed by atoms with E-state index in [2.05, 4.69) is 5.18 Å². The zero-order valence-electron chi connectivity index (χ0n) is 9.10. The lowest BCUT2D eigenvalue weighted by molar-refractivity contribution is 0.0975. The summed E-state index contributed by atoms with van der Waals surface area (Å²) < 4.78 is 5.02. The van der Waals surface area contributed by atoms with Gasteiger partial charge in [0.2, 0.25) is 0 Å². The molecule has 1 amide bonds. The first-order chi connectivity index (χ1) is 8.08. The van der Waals surface area contributed by atoms with Crippen LogP contribution in [0.5, 0.6) is 5.75 Å². The molecular weight excluding hydrogens is 224 g/mol. The van der Waals surface area contributed by atoms with Gasteiger partial charge >= 0.3 is 0 Å². The van der Waals surface area contributed by atoms with E-state index in [9.17, 15) is 14.5 Å². The number of nitrogens with two attached hydrogens (primary N) is 1. The van der Waals surface area contributed by atoms with Crippen LogP contribution in [0.4, 0.5) is 0 Å². The minimum absolute atomic E-state index is 0.131. The number of amides is 1. The third kappa shape index (κ3) is 1.67. The number of rotatable bonds is 3. The maximum Gasteiger partial charge on any atom is 0.252 e. The summed E-state index contributed by atoms with van der Waals surface area (Å²) in [5.41, 5.74) is 6.29. The molecule has 0 aliphatic heterocycles. The number of carbonyl (C=O) groups is 2. The van der Waals surface area contributed by atoms with Gasteiger partial charge in [-0.15, -0.1) is 0 Å². The Bertz CT molecular complexity index is 524. The van der Waals surface area contributed by atoms with Crippen LogP contribution in [0, 0.1) is 4.91 Å². The Morgan fingerprint density at radius 3 is 2.76 bits per heavy atom. The van der Waals surface area contributed by atoms with Crippen LogP contribution < -0.4 is 10.5 Å². The van der Waals surface area contributed by atoms with Crippen molar-refractivity contribution in [3.8, 4) is 5.75 Å². The molecule has 88 valence electrons. The fourth-order valence-electron chi connectivity index (χ4n) is 1.95. The topological polar surface area (TPSA) is 98.8 Å². The summed E-state index contributed by atoms with van der Waals surface area (Å²) >= 11 is 0. The summed E-state index contributed by atoms with van der Waals surface area (Å²) in [7, 11) is 1.40. The van der Waals surface area contributed by atoms with Gasteiger partial charge in [0, 0.05) is 12.0 Å². The molecule has 0 radical (unpaired) electrons. The highest BCUT2D eigenvalue weighted by molar-refractivity contribution is 6.07. The molecule has 0 spiro atoms. The van der Waals surface area contributed by atoms with Crippen LogP contribution in [-0.2, 0) is 6.42 Å². The van der Waals surface area contributed by atoms with E-state index < -0.39 is 11.9 Å². The Balaban J connectivity index is 2.57. The molecule has 1 aliphatic carbocycles. The third-order valence-electron chi connectivity index (χ3n) is 2.80. The van der Waals surface area contributed by atoms with Crippen LogP contribution in [0.1, 0.15) is 26.3 Å². The van der Waals surface area contributed by atoms with Crippen LogP contribution >= 0.6 is 0 Å². The van der Waals surface area contributed by atoms with Crippen molar-refractivity contribution in [2.75, 3.05) is 7.11 Å². The highest BCUT2D eigenvalue weighted by Crippen LogP contribution is 2.30. The Hall–Kier alpha value is -2.24. The molecule has 1 aromatic rings. The van der Waals surface area contributed by atoms with E-state index in [0.29, 0.717) is 16.9 Å². The van der Waals surface area contributed by atoms with Gasteiger partial charge in [0.05, 0.1) is 12.7 Å². The molecule has 6 heteroatoms. The van der Waals surface area contributed by atoms with Crippen LogP contribution in [0.2, 0.25) is 0 Å². The molecule has 17 heavy (non-hydrogen) atoms. The van der Waals surface area contributed by atoms with Crippen molar-refractivity contribution < 1.29 is 14.3 Å².